The molecule has 17 heavy (non-hydrogen) atoms. The van der Waals surface area contributed by atoms with Crippen molar-refractivity contribution in [1.29, 1.82) is 5.26 Å². The Kier molecular flexibility index (Phi) is 4.39. The summed E-state index contributed by atoms with van der Waals surface area (Å²) in [6, 6.07) is 2.46. The van der Waals surface area contributed by atoms with E-state index >= 15 is 0 Å². The summed E-state index contributed by atoms with van der Waals surface area (Å²) in [4.78, 5) is 2.71. The van der Waals surface area contributed by atoms with E-state index in [0.29, 0.717) is 12.5 Å². The molecule has 5 heteroatoms. The van der Waals surface area contributed by atoms with Gasteiger partial charge in [0.25, 0.3) is 0 Å². The average molecular weight is 235 g/mol. The van der Waals surface area contributed by atoms with Crippen molar-refractivity contribution >= 4 is 0 Å². The molecule has 1 N–H and O–H groups in total. The smallest absolute Gasteiger partial charge is 0.109 e. The maximum atomic E-state index is 9.43. The molecule has 0 heterocycles. The zero-order valence-electron chi connectivity index (χ0n) is 10.9. The minimum atomic E-state index is -0.403. The molecule has 94 valence electrons. The number of hydrogen-bond acceptors (Lipinski definition) is 3. The summed E-state index contributed by atoms with van der Waals surface area (Å²) in [6.07, 6.45) is 2.74. The first-order chi connectivity index (χ1) is 7.96. The molecule has 0 saturated heterocycles. The van der Waals surface area contributed by atoms with Crippen molar-refractivity contribution in [3.05, 3.63) is 10.4 Å². The molecular formula is C12H21N5. The van der Waals surface area contributed by atoms with E-state index in [1.807, 2.05) is 0 Å². The molecule has 1 fully saturated rings. The molecule has 5 nitrogen and oxygen atoms in total. The number of nitrogens with zero attached hydrogens (tertiary/aromatic N) is 4. The zero-order valence-corrected chi connectivity index (χ0v) is 10.9. The van der Waals surface area contributed by atoms with Crippen LogP contribution in [0.5, 0.6) is 0 Å². The van der Waals surface area contributed by atoms with Gasteiger partial charge in [0.2, 0.25) is 0 Å². The third-order valence-electron chi connectivity index (χ3n) is 3.60. The highest BCUT2D eigenvalue weighted by atomic mass is 15.1. The molecule has 0 amide bonds. The van der Waals surface area contributed by atoms with Crippen LogP contribution in [0, 0.1) is 22.7 Å². The molecule has 1 aliphatic carbocycles. The van der Waals surface area contributed by atoms with Crippen molar-refractivity contribution in [3.8, 4) is 6.07 Å². The van der Waals surface area contributed by atoms with Crippen molar-refractivity contribution in [2.75, 3.05) is 13.1 Å². The third-order valence-corrected chi connectivity index (χ3v) is 3.60. The zero-order chi connectivity index (χ0) is 12.9. The predicted molar refractivity (Wildman–Crippen MR) is 67.2 cm³/mol. The Labute approximate surface area is 103 Å². The molecule has 0 aromatic heterocycles. The van der Waals surface area contributed by atoms with Crippen LogP contribution in [0.25, 0.3) is 10.4 Å². The lowest BCUT2D eigenvalue weighted by molar-refractivity contribution is 0.321. The summed E-state index contributed by atoms with van der Waals surface area (Å²) >= 11 is 0. The van der Waals surface area contributed by atoms with Gasteiger partial charge in [0.05, 0.1) is 6.07 Å². The van der Waals surface area contributed by atoms with E-state index in [1.54, 1.807) is 0 Å². The van der Waals surface area contributed by atoms with E-state index in [0.717, 1.165) is 25.8 Å². The van der Waals surface area contributed by atoms with E-state index in [1.165, 1.54) is 0 Å². The van der Waals surface area contributed by atoms with Crippen molar-refractivity contribution < 1.29 is 0 Å². The van der Waals surface area contributed by atoms with Gasteiger partial charge in [-0.1, -0.05) is 25.9 Å². The molecule has 1 rings (SSSR count). The highest BCUT2D eigenvalue weighted by Gasteiger charge is 2.48. The quantitative estimate of drug-likeness (QED) is 0.344. The Balaban J connectivity index is 2.53. The van der Waals surface area contributed by atoms with Crippen LogP contribution >= 0.6 is 0 Å². The van der Waals surface area contributed by atoms with E-state index in [9.17, 15) is 5.26 Å². The molecule has 0 aliphatic heterocycles. The number of rotatable bonds is 5. The van der Waals surface area contributed by atoms with Gasteiger partial charge >= 0.3 is 0 Å². The van der Waals surface area contributed by atoms with Crippen molar-refractivity contribution in [2.24, 2.45) is 16.4 Å². The lowest BCUT2D eigenvalue weighted by Gasteiger charge is -2.28. The first kappa shape index (κ1) is 13.8. The van der Waals surface area contributed by atoms with Gasteiger partial charge in [-0.15, -0.1) is 0 Å². The second kappa shape index (κ2) is 5.39. The molecule has 0 aromatic rings. The molecular weight excluding hydrogens is 214 g/mol. The number of nitriles is 1. The van der Waals surface area contributed by atoms with Crippen LogP contribution in [0.3, 0.4) is 0 Å². The van der Waals surface area contributed by atoms with Gasteiger partial charge < -0.3 is 0 Å². The Hall–Kier alpha value is -1.24. The Morgan fingerprint density at radius 3 is 2.76 bits per heavy atom. The van der Waals surface area contributed by atoms with Gasteiger partial charge in [0.15, 0.2) is 0 Å². The van der Waals surface area contributed by atoms with E-state index in [-0.39, 0.29) is 5.41 Å². The fourth-order valence-corrected chi connectivity index (χ4v) is 2.94. The Bertz CT molecular complexity index is 350. The monoisotopic (exact) mass is 235 g/mol. The maximum absolute atomic E-state index is 9.43. The summed E-state index contributed by atoms with van der Waals surface area (Å²) in [6.45, 7) is 7.78. The SMILES string of the molecule is CC1CC(C)(C)CC1(C#N)NCCCN=[N+]=[N-]. The van der Waals surface area contributed by atoms with Crippen LogP contribution in [0.4, 0.5) is 0 Å². The molecule has 2 unspecified atom stereocenters. The van der Waals surface area contributed by atoms with Gasteiger partial charge in [0, 0.05) is 11.5 Å². The number of azide groups is 1. The molecule has 0 bridgehead atoms. The average Bonchev–Trinajstić information content (AvgIpc) is 2.49. The lowest BCUT2D eigenvalue weighted by Crippen LogP contribution is -2.47. The van der Waals surface area contributed by atoms with Crippen molar-refractivity contribution in [2.45, 2.75) is 45.6 Å². The molecule has 0 spiro atoms. The van der Waals surface area contributed by atoms with Gasteiger partial charge in [0.1, 0.15) is 5.54 Å². The first-order valence-electron chi connectivity index (χ1n) is 6.13. The fraction of sp³-hybridized carbons (Fsp3) is 0.917. The lowest BCUT2D eigenvalue weighted by atomic mass is 9.87. The summed E-state index contributed by atoms with van der Waals surface area (Å²) in [5.74, 6) is 0.363. The van der Waals surface area contributed by atoms with Crippen molar-refractivity contribution in [1.82, 2.24) is 5.32 Å². The van der Waals surface area contributed by atoms with Crippen LogP contribution < -0.4 is 5.32 Å². The Morgan fingerprint density at radius 1 is 1.59 bits per heavy atom. The van der Waals surface area contributed by atoms with Crippen LogP contribution in [-0.2, 0) is 0 Å². The van der Waals surface area contributed by atoms with Crippen LogP contribution in [0.1, 0.15) is 40.0 Å². The minimum absolute atomic E-state index is 0.229. The molecule has 1 saturated carbocycles. The highest BCUT2D eigenvalue weighted by Crippen LogP contribution is 2.47. The molecule has 0 radical (unpaired) electrons. The standard InChI is InChI=1S/C12H21N5/c1-10-7-11(2,3)8-12(10,9-13)15-5-4-6-16-17-14/h10,15H,4-8H2,1-3H3. The second-order valence-corrected chi connectivity index (χ2v) is 5.76. The first-order valence-corrected chi connectivity index (χ1v) is 6.13. The number of hydrogen-bond donors (Lipinski definition) is 1. The van der Waals surface area contributed by atoms with E-state index in [2.05, 4.69) is 42.2 Å². The largest absolute Gasteiger partial charge is 0.299 e. The van der Waals surface area contributed by atoms with E-state index < -0.39 is 5.54 Å². The van der Waals surface area contributed by atoms with Gasteiger partial charge in [-0.2, -0.15) is 5.26 Å². The third kappa shape index (κ3) is 3.36. The molecule has 2 atom stereocenters. The maximum Gasteiger partial charge on any atom is 0.109 e. The van der Waals surface area contributed by atoms with Crippen LogP contribution in [0.15, 0.2) is 5.11 Å². The van der Waals surface area contributed by atoms with Crippen LogP contribution in [-0.4, -0.2) is 18.6 Å². The van der Waals surface area contributed by atoms with Crippen molar-refractivity contribution in [3.63, 3.8) is 0 Å². The van der Waals surface area contributed by atoms with E-state index in [4.69, 9.17) is 5.53 Å². The van der Waals surface area contributed by atoms with Gasteiger partial charge in [-0.25, -0.2) is 0 Å². The van der Waals surface area contributed by atoms with Gasteiger partial charge in [-0.05, 0) is 42.7 Å². The van der Waals surface area contributed by atoms with Crippen LogP contribution in [0.2, 0.25) is 0 Å². The Morgan fingerprint density at radius 2 is 2.29 bits per heavy atom. The highest BCUT2D eigenvalue weighted by molar-refractivity contribution is 5.16. The number of nitrogens with one attached hydrogen (secondary N) is 1. The second-order valence-electron chi connectivity index (χ2n) is 5.76. The fourth-order valence-electron chi connectivity index (χ4n) is 2.94. The summed E-state index contributed by atoms with van der Waals surface area (Å²) in [7, 11) is 0. The summed E-state index contributed by atoms with van der Waals surface area (Å²) < 4.78 is 0. The summed E-state index contributed by atoms with van der Waals surface area (Å²) in [5, 5.41) is 16.3. The van der Waals surface area contributed by atoms with Gasteiger partial charge in [-0.3, -0.25) is 5.32 Å². The summed E-state index contributed by atoms with van der Waals surface area (Å²) in [5.41, 5.74) is 8.00. The molecule has 1 aliphatic rings. The topological polar surface area (TPSA) is 84.6 Å². The minimum Gasteiger partial charge on any atom is -0.299 e. The normalized spacial score (nSPS) is 30.6. The predicted octanol–water partition coefficient (Wildman–Crippen LogP) is 2.99. The molecule has 0 aromatic carbocycles.